The van der Waals surface area contributed by atoms with Crippen LogP contribution in [0.4, 0.5) is 0 Å². The standard InChI is InChI=1S/C10H9NO2.ClH/c1-13-11-9-5-3-2-4-8(9)6-7-10(11)12;/h2-7H,1H3;1H. The first-order valence-electron chi connectivity index (χ1n) is 3.98. The van der Waals surface area contributed by atoms with Crippen molar-refractivity contribution in [2.75, 3.05) is 7.11 Å². The number of hydrogen-bond acceptors (Lipinski definition) is 2. The van der Waals surface area contributed by atoms with Crippen LogP contribution in [-0.2, 0) is 0 Å². The van der Waals surface area contributed by atoms with Gasteiger partial charge in [0.15, 0.2) is 0 Å². The summed E-state index contributed by atoms with van der Waals surface area (Å²) < 4.78 is 1.27. The molecule has 3 nitrogen and oxygen atoms in total. The number of hydrogen-bond donors (Lipinski definition) is 0. The summed E-state index contributed by atoms with van der Waals surface area (Å²) in [4.78, 5) is 16.3. The first-order chi connectivity index (χ1) is 6.33. The lowest BCUT2D eigenvalue weighted by Gasteiger charge is -2.06. The van der Waals surface area contributed by atoms with E-state index >= 15 is 0 Å². The molecule has 0 aliphatic carbocycles. The summed E-state index contributed by atoms with van der Waals surface area (Å²) in [6.07, 6.45) is 0. The molecular weight excluding hydrogens is 202 g/mol. The molecule has 0 N–H and O–H groups in total. The van der Waals surface area contributed by atoms with Crippen molar-refractivity contribution >= 4 is 23.3 Å². The van der Waals surface area contributed by atoms with Gasteiger partial charge in [0.05, 0.1) is 5.52 Å². The average Bonchev–Trinajstić information content (AvgIpc) is 2.18. The second-order valence-electron chi connectivity index (χ2n) is 2.71. The number of pyridine rings is 1. The maximum atomic E-state index is 11.3. The van der Waals surface area contributed by atoms with Crippen molar-refractivity contribution < 1.29 is 4.84 Å². The van der Waals surface area contributed by atoms with E-state index in [1.54, 1.807) is 6.07 Å². The van der Waals surface area contributed by atoms with Gasteiger partial charge in [0, 0.05) is 11.5 Å². The van der Waals surface area contributed by atoms with Gasteiger partial charge < -0.3 is 4.84 Å². The zero-order chi connectivity index (χ0) is 9.26. The Hall–Kier alpha value is -1.48. The Balaban J connectivity index is 0.000000980. The van der Waals surface area contributed by atoms with Crippen LogP contribution in [0.5, 0.6) is 0 Å². The molecule has 0 spiro atoms. The average molecular weight is 212 g/mol. The molecule has 1 aromatic heterocycles. The molecular formula is C10H10ClNO2. The molecule has 2 aromatic rings. The Morgan fingerprint density at radius 1 is 1.14 bits per heavy atom. The van der Waals surface area contributed by atoms with E-state index in [-0.39, 0.29) is 18.0 Å². The van der Waals surface area contributed by atoms with Crippen molar-refractivity contribution in [3.8, 4) is 0 Å². The van der Waals surface area contributed by atoms with Crippen LogP contribution in [-0.4, -0.2) is 11.8 Å². The van der Waals surface area contributed by atoms with Crippen LogP contribution >= 0.6 is 12.4 Å². The van der Waals surface area contributed by atoms with E-state index in [0.717, 1.165) is 10.9 Å². The highest BCUT2D eigenvalue weighted by atomic mass is 35.5. The van der Waals surface area contributed by atoms with Gasteiger partial charge >= 0.3 is 0 Å². The highest BCUT2D eigenvalue weighted by Crippen LogP contribution is 2.09. The van der Waals surface area contributed by atoms with Crippen LogP contribution in [0, 0.1) is 0 Å². The highest BCUT2D eigenvalue weighted by Gasteiger charge is 1.99. The molecule has 0 saturated carbocycles. The quantitative estimate of drug-likeness (QED) is 0.716. The maximum absolute atomic E-state index is 11.3. The minimum absolute atomic E-state index is 0. The monoisotopic (exact) mass is 211 g/mol. The number of aromatic nitrogens is 1. The fourth-order valence-electron chi connectivity index (χ4n) is 1.35. The fraction of sp³-hybridized carbons (Fsp3) is 0.100. The Bertz CT molecular complexity index is 493. The minimum atomic E-state index is -0.152. The fourth-order valence-corrected chi connectivity index (χ4v) is 1.35. The molecule has 0 aliphatic heterocycles. The summed E-state index contributed by atoms with van der Waals surface area (Å²) in [6, 6.07) is 10.9. The smallest absolute Gasteiger partial charge is 0.283 e. The van der Waals surface area contributed by atoms with Gasteiger partial charge in [-0.05, 0) is 12.1 Å². The largest absolute Gasteiger partial charge is 0.413 e. The first kappa shape index (κ1) is 10.6. The summed E-state index contributed by atoms with van der Waals surface area (Å²) in [5, 5.41) is 0.990. The third-order valence-electron chi connectivity index (χ3n) is 1.94. The predicted octanol–water partition coefficient (Wildman–Crippen LogP) is 1.48. The van der Waals surface area contributed by atoms with Crippen molar-refractivity contribution in [2.24, 2.45) is 0 Å². The Morgan fingerprint density at radius 2 is 1.86 bits per heavy atom. The number of rotatable bonds is 1. The maximum Gasteiger partial charge on any atom is 0.283 e. The number of para-hydroxylation sites is 1. The molecule has 1 heterocycles. The van der Waals surface area contributed by atoms with E-state index in [4.69, 9.17) is 4.84 Å². The highest BCUT2D eigenvalue weighted by molar-refractivity contribution is 5.85. The van der Waals surface area contributed by atoms with Gasteiger partial charge in [-0.15, -0.1) is 17.1 Å². The molecule has 0 saturated heterocycles. The van der Waals surface area contributed by atoms with Gasteiger partial charge in [0.25, 0.3) is 5.56 Å². The number of benzene rings is 1. The van der Waals surface area contributed by atoms with Gasteiger partial charge in [0.1, 0.15) is 7.11 Å². The van der Waals surface area contributed by atoms with Crippen LogP contribution in [0.3, 0.4) is 0 Å². The molecule has 0 amide bonds. The molecule has 74 valence electrons. The number of halogens is 1. The van der Waals surface area contributed by atoms with Gasteiger partial charge in [-0.1, -0.05) is 18.2 Å². The minimum Gasteiger partial charge on any atom is -0.413 e. The van der Waals surface area contributed by atoms with Crippen LogP contribution in [0.2, 0.25) is 0 Å². The lowest BCUT2D eigenvalue weighted by atomic mass is 10.2. The van der Waals surface area contributed by atoms with Crippen molar-refractivity contribution in [2.45, 2.75) is 0 Å². The summed E-state index contributed by atoms with van der Waals surface area (Å²) in [5.74, 6) is 0. The van der Waals surface area contributed by atoms with Crippen molar-refractivity contribution in [1.82, 2.24) is 4.73 Å². The summed E-state index contributed by atoms with van der Waals surface area (Å²) >= 11 is 0. The van der Waals surface area contributed by atoms with Crippen molar-refractivity contribution in [1.29, 1.82) is 0 Å². The molecule has 4 heteroatoms. The van der Waals surface area contributed by atoms with Gasteiger partial charge in [-0.3, -0.25) is 4.79 Å². The molecule has 0 unspecified atom stereocenters. The van der Waals surface area contributed by atoms with Crippen LogP contribution < -0.4 is 10.4 Å². The van der Waals surface area contributed by atoms with Crippen LogP contribution in [0.25, 0.3) is 10.9 Å². The van der Waals surface area contributed by atoms with E-state index in [9.17, 15) is 4.79 Å². The second kappa shape index (κ2) is 4.15. The van der Waals surface area contributed by atoms with Crippen molar-refractivity contribution in [3.05, 3.63) is 46.8 Å². The molecule has 0 bridgehead atoms. The van der Waals surface area contributed by atoms with Crippen molar-refractivity contribution in [3.63, 3.8) is 0 Å². The Labute approximate surface area is 87.3 Å². The topological polar surface area (TPSA) is 31.2 Å². The Morgan fingerprint density at radius 3 is 2.57 bits per heavy atom. The number of fused-ring (bicyclic) bond motifs is 1. The van der Waals surface area contributed by atoms with E-state index in [2.05, 4.69) is 0 Å². The predicted molar refractivity (Wildman–Crippen MR) is 58.0 cm³/mol. The van der Waals surface area contributed by atoms with Gasteiger partial charge in [-0.25, -0.2) is 0 Å². The molecule has 0 radical (unpaired) electrons. The van der Waals surface area contributed by atoms with E-state index in [1.165, 1.54) is 17.9 Å². The normalized spacial score (nSPS) is 9.50. The van der Waals surface area contributed by atoms with Gasteiger partial charge in [0.2, 0.25) is 0 Å². The third-order valence-corrected chi connectivity index (χ3v) is 1.94. The molecule has 0 atom stereocenters. The summed E-state index contributed by atoms with van der Waals surface area (Å²) in [6.45, 7) is 0. The second-order valence-corrected chi connectivity index (χ2v) is 2.71. The van der Waals surface area contributed by atoms with E-state index in [1.807, 2.05) is 24.3 Å². The lowest BCUT2D eigenvalue weighted by Crippen LogP contribution is -2.23. The third kappa shape index (κ3) is 1.59. The van der Waals surface area contributed by atoms with E-state index in [0.29, 0.717) is 0 Å². The molecule has 0 fully saturated rings. The SMILES string of the molecule is COn1c(=O)ccc2ccccc21.Cl. The summed E-state index contributed by atoms with van der Waals surface area (Å²) in [7, 11) is 1.48. The zero-order valence-corrected chi connectivity index (χ0v) is 8.45. The van der Waals surface area contributed by atoms with Gasteiger partial charge in [-0.2, -0.15) is 0 Å². The van der Waals surface area contributed by atoms with Crippen LogP contribution in [0.15, 0.2) is 41.2 Å². The van der Waals surface area contributed by atoms with E-state index < -0.39 is 0 Å². The molecule has 2 rings (SSSR count). The lowest BCUT2D eigenvalue weighted by molar-refractivity contribution is 0.169. The first-order valence-corrected chi connectivity index (χ1v) is 3.98. The number of nitrogens with zero attached hydrogens (tertiary/aromatic N) is 1. The van der Waals surface area contributed by atoms with Crippen LogP contribution in [0.1, 0.15) is 0 Å². The zero-order valence-electron chi connectivity index (χ0n) is 7.64. The molecule has 1 aromatic carbocycles. The Kier molecular flexibility index (Phi) is 3.14. The molecule has 14 heavy (non-hydrogen) atoms. The summed E-state index contributed by atoms with van der Waals surface area (Å²) in [5.41, 5.74) is 0.638. The molecule has 0 aliphatic rings.